The Morgan fingerprint density at radius 3 is 2.92 bits per heavy atom. The molecule has 1 fully saturated rings. The summed E-state index contributed by atoms with van der Waals surface area (Å²) in [6.45, 7) is 0.320. The second-order valence-corrected chi connectivity index (χ2v) is 6.26. The Kier molecular flexibility index (Phi) is 5.67. The van der Waals surface area contributed by atoms with E-state index in [1.54, 1.807) is 4.68 Å². The smallest absolute Gasteiger partial charge is 0.256 e. The van der Waals surface area contributed by atoms with Crippen molar-refractivity contribution in [3.8, 4) is 5.69 Å². The van der Waals surface area contributed by atoms with Gasteiger partial charge in [-0.25, -0.2) is 14.5 Å². The Morgan fingerprint density at radius 2 is 2.16 bits per heavy atom. The van der Waals surface area contributed by atoms with Crippen molar-refractivity contribution in [2.24, 2.45) is 0 Å². The lowest BCUT2D eigenvalue weighted by atomic mass is 9.95. The number of carbonyl (C=O) groups excluding carboxylic acids is 1. The van der Waals surface area contributed by atoms with E-state index in [9.17, 15) is 4.79 Å². The number of anilines is 1. The molecule has 1 saturated carbocycles. The average Bonchev–Trinajstić information content (AvgIpc) is 3.02. The third-order valence-corrected chi connectivity index (χ3v) is 4.49. The summed E-state index contributed by atoms with van der Waals surface area (Å²) in [4.78, 5) is 22.1. The fourth-order valence-corrected chi connectivity index (χ4v) is 3.15. The molecule has 1 amide bonds. The van der Waals surface area contributed by atoms with Gasteiger partial charge in [0, 0.05) is 6.04 Å². The highest BCUT2D eigenvalue weighted by Gasteiger charge is 2.20. The standard InChI is InChI=1S/C18H24N4O3/c1-24-25-12-13-6-5-9-15(10-13)22-17(19)16(11-20-22)18(23)21-14-7-3-2-4-8-14/h5-6,9-11,14H,2-4,7-8,12,19H2,1H3,(H,21,23). The first kappa shape index (κ1) is 17.4. The number of rotatable bonds is 6. The van der Waals surface area contributed by atoms with E-state index in [-0.39, 0.29) is 11.9 Å². The van der Waals surface area contributed by atoms with E-state index in [0.29, 0.717) is 18.0 Å². The highest BCUT2D eigenvalue weighted by atomic mass is 17.2. The highest BCUT2D eigenvalue weighted by Crippen LogP contribution is 2.21. The third-order valence-electron chi connectivity index (χ3n) is 4.49. The molecule has 1 heterocycles. The number of amides is 1. The van der Waals surface area contributed by atoms with Gasteiger partial charge in [-0.15, -0.1) is 0 Å². The first-order valence-electron chi connectivity index (χ1n) is 8.58. The molecule has 0 radical (unpaired) electrons. The van der Waals surface area contributed by atoms with E-state index in [1.807, 2.05) is 24.3 Å². The third kappa shape index (κ3) is 4.18. The molecule has 134 valence electrons. The van der Waals surface area contributed by atoms with Crippen molar-refractivity contribution < 1.29 is 14.6 Å². The van der Waals surface area contributed by atoms with Gasteiger partial charge in [0.05, 0.1) is 19.0 Å². The highest BCUT2D eigenvalue weighted by molar-refractivity contribution is 5.98. The number of nitrogens with two attached hydrogens (primary N) is 1. The monoisotopic (exact) mass is 344 g/mol. The summed E-state index contributed by atoms with van der Waals surface area (Å²) in [5.41, 5.74) is 8.27. The number of nitrogens with zero attached hydrogens (tertiary/aromatic N) is 2. The Morgan fingerprint density at radius 1 is 1.36 bits per heavy atom. The van der Waals surface area contributed by atoms with Crippen LogP contribution in [-0.2, 0) is 16.4 Å². The summed E-state index contributed by atoms with van der Waals surface area (Å²) in [6, 6.07) is 7.80. The van der Waals surface area contributed by atoms with Crippen molar-refractivity contribution in [2.45, 2.75) is 44.8 Å². The summed E-state index contributed by atoms with van der Waals surface area (Å²) in [6.07, 6.45) is 7.15. The Labute approximate surface area is 147 Å². The minimum absolute atomic E-state index is 0.158. The molecule has 25 heavy (non-hydrogen) atoms. The Balaban J connectivity index is 1.75. The maximum Gasteiger partial charge on any atom is 0.256 e. The molecule has 0 atom stereocenters. The number of carbonyl (C=O) groups is 1. The van der Waals surface area contributed by atoms with Gasteiger partial charge in [0.25, 0.3) is 5.91 Å². The quantitative estimate of drug-likeness (QED) is 0.621. The van der Waals surface area contributed by atoms with Gasteiger partial charge in [0.15, 0.2) is 0 Å². The fourth-order valence-electron chi connectivity index (χ4n) is 3.15. The van der Waals surface area contributed by atoms with Crippen LogP contribution in [0.3, 0.4) is 0 Å². The van der Waals surface area contributed by atoms with Gasteiger partial charge in [0.2, 0.25) is 0 Å². The molecule has 1 aliphatic carbocycles. The summed E-state index contributed by atoms with van der Waals surface area (Å²) >= 11 is 0. The molecule has 1 aromatic heterocycles. The van der Waals surface area contributed by atoms with Crippen molar-refractivity contribution in [3.05, 3.63) is 41.6 Å². The topological polar surface area (TPSA) is 91.4 Å². The zero-order valence-electron chi connectivity index (χ0n) is 14.4. The molecule has 0 unspecified atom stereocenters. The number of aromatic nitrogens is 2. The van der Waals surface area contributed by atoms with Crippen molar-refractivity contribution in [3.63, 3.8) is 0 Å². The molecule has 0 spiro atoms. The molecule has 0 aliphatic heterocycles. The predicted molar refractivity (Wildman–Crippen MR) is 94.1 cm³/mol. The molecular weight excluding hydrogens is 320 g/mol. The van der Waals surface area contributed by atoms with Crippen LogP contribution in [0.2, 0.25) is 0 Å². The molecule has 1 aromatic carbocycles. The lowest BCUT2D eigenvalue weighted by Crippen LogP contribution is -2.36. The van der Waals surface area contributed by atoms with Crippen LogP contribution in [0.15, 0.2) is 30.5 Å². The van der Waals surface area contributed by atoms with E-state index in [0.717, 1.165) is 36.9 Å². The van der Waals surface area contributed by atoms with E-state index in [1.165, 1.54) is 19.7 Å². The second-order valence-electron chi connectivity index (χ2n) is 6.26. The fraction of sp³-hybridized carbons (Fsp3) is 0.444. The number of nitrogen functional groups attached to an aromatic ring is 1. The van der Waals surface area contributed by atoms with Gasteiger partial charge in [-0.3, -0.25) is 4.79 Å². The van der Waals surface area contributed by atoms with Gasteiger partial charge >= 0.3 is 0 Å². The van der Waals surface area contributed by atoms with E-state index in [2.05, 4.69) is 15.3 Å². The molecule has 3 N–H and O–H groups in total. The van der Waals surface area contributed by atoms with Crippen molar-refractivity contribution in [2.75, 3.05) is 12.8 Å². The summed E-state index contributed by atoms with van der Waals surface area (Å²) in [5.74, 6) is 0.174. The Hall–Kier alpha value is -2.38. The largest absolute Gasteiger partial charge is 0.383 e. The maximum absolute atomic E-state index is 12.5. The lowest BCUT2D eigenvalue weighted by Gasteiger charge is -2.22. The van der Waals surface area contributed by atoms with E-state index in [4.69, 9.17) is 10.6 Å². The number of hydrogen-bond donors (Lipinski definition) is 2. The maximum atomic E-state index is 12.5. The van der Waals surface area contributed by atoms with Crippen molar-refractivity contribution >= 4 is 11.7 Å². The molecule has 1 aliphatic rings. The Bertz CT molecular complexity index is 723. The molecule has 3 rings (SSSR count). The second kappa shape index (κ2) is 8.13. The summed E-state index contributed by atoms with van der Waals surface area (Å²) in [5, 5.41) is 7.35. The van der Waals surface area contributed by atoms with Gasteiger partial charge in [0.1, 0.15) is 18.0 Å². The van der Waals surface area contributed by atoms with Crippen LogP contribution >= 0.6 is 0 Å². The zero-order valence-corrected chi connectivity index (χ0v) is 14.4. The molecule has 0 bridgehead atoms. The van der Waals surface area contributed by atoms with Crippen LogP contribution in [-0.4, -0.2) is 28.8 Å². The summed E-state index contributed by atoms with van der Waals surface area (Å²) < 4.78 is 1.56. The predicted octanol–water partition coefficient (Wildman–Crippen LogP) is 2.59. The van der Waals surface area contributed by atoms with Gasteiger partial charge in [-0.1, -0.05) is 31.4 Å². The van der Waals surface area contributed by atoms with Crippen LogP contribution in [0.1, 0.15) is 48.0 Å². The van der Waals surface area contributed by atoms with Crippen LogP contribution in [0.25, 0.3) is 5.69 Å². The first-order chi connectivity index (χ1) is 12.2. The normalized spacial score (nSPS) is 15.2. The van der Waals surface area contributed by atoms with Crippen LogP contribution in [0, 0.1) is 0 Å². The minimum atomic E-state index is -0.158. The molecule has 0 saturated heterocycles. The number of nitrogens with one attached hydrogen (secondary N) is 1. The molecule has 2 aromatic rings. The van der Waals surface area contributed by atoms with Crippen LogP contribution < -0.4 is 11.1 Å². The van der Waals surface area contributed by atoms with Crippen molar-refractivity contribution in [1.82, 2.24) is 15.1 Å². The van der Waals surface area contributed by atoms with Gasteiger partial charge < -0.3 is 11.1 Å². The van der Waals surface area contributed by atoms with Gasteiger partial charge in [-0.05, 0) is 30.5 Å². The van der Waals surface area contributed by atoms with Crippen LogP contribution in [0.5, 0.6) is 0 Å². The van der Waals surface area contributed by atoms with Crippen LogP contribution in [0.4, 0.5) is 5.82 Å². The van der Waals surface area contributed by atoms with Gasteiger partial charge in [-0.2, -0.15) is 5.10 Å². The minimum Gasteiger partial charge on any atom is -0.383 e. The number of hydrogen-bond acceptors (Lipinski definition) is 5. The number of benzene rings is 1. The lowest BCUT2D eigenvalue weighted by molar-refractivity contribution is -0.282. The first-order valence-corrected chi connectivity index (χ1v) is 8.58. The zero-order chi connectivity index (χ0) is 17.6. The molecular formula is C18H24N4O3. The van der Waals surface area contributed by atoms with Crippen molar-refractivity contribution in [1.29, 1.82) is 0 Å². The molecule has 7 nitrogen and oxygen atoms in total. The SMILES string of the molecule is COOCc1cccc(-n2ncc(C(=O)NC3CCCCC3)c2N)c1. The van der Waals surface area contributed by atoms with E-state index < -0.39 is 0 Å². The average molecular weight is 344 g/mol. The molecule has 7 heteroatoms. The summed E-state index contributed by atoms with van der Waals surface area (Å²) in [7, 11) is 1.46. The van der Waals surface area contributed by atoms with E-state index >= 15 is 0 Å².